The summed E-state index contributed by atoms with van der Waals surface area (Å²) >= 11 is 0. The second-order valence-electron chi connectivity index (χ2n) is 2.61. The number of methoxy groups -OCH3 is 1. The van der Waals surface area contributed by atoms with Crippen LogP contribution in [0.25, 0.3) is 0 Å². The molecule has 0 amide bonds. The summed E-state index contributed by atoms with van der Waals surface area (Å²) in [5.74, 6) is -1.66. The molecule has 0 unspecified atom stereocenters. The Morgan fingerprint density at radius 1 is 1.69 bits per heavy atom. The van der Waals surface area contributed by atoms with Crippen molar-refractivity contribution in [1.29, 1.82) is 0 Å². The Bertz CT molecular complexity index is 253. The Morgan fingerprint density at radius 3 is 2.62 bits per heavy atom. The highest BCUT2D eigenvalue weighted by Crippen LogP contribution is 2.18. The minimum absolute atomic E-state index is 0.189. The SMILES string of the molecule is C=C1O[C@H]([C@H](CO)OC)C(=O)C1=O. The largest absolute Gasteiger partial charge is 0.476 e. The lowest BCUT2D eigenvalue weighted by molar-refractivity contribution is -0.138. The van der Waals surface area contributed by atoms with Crippen molar-refractivity contribution in [2.45, 2.75) is 12.2 Å². The van der Waals surface area contributed by atoms with Crippen LogP contribution in [0, 0.1) is 0 Å². The summed E-state index contributed by atoms with van der Waals surface area (Å²) in [4.78, 5) is 22.1. The van der Waals surface area contributed by atoms with Crippen LogP contribution in [-0.4, -0.2) is 42.6 Å². The fourth-order valence-corrected chi connectivity index (χ4v) is 1.07. The third-order valence-corrected chi connectivity index (χ3v) is 1.83. The Morgan fingerprint density at radius 2 is 2.31 bits per heavy atom. The summed E-state index contributed by atoms with van der Waals surface area (Å²) < 4.78 is 9.61. The topological polar surface area (TPSA) is 72.8 Å². The molecule has 0 radical (unpaired) electrons. The zero-order valence-electron chi connectivity index (χ0n) is 7.15. The van der Waals surface area contributed by atoms with Gasteiger partial charge < -0.3 is 14.6 Å². The molecule has 1 aliphatic rings. The first kappa shape index (κ1) is 9.88. The Kier molecular flexibility index (Phi) is 2.79. The summed E-state index contributed by atoms with van der Waals surface area (Å²) in [6.45, 7) is 2.88. The van der Waals surface area contributed by atoms with Crippen LogP contribution in [0.1, 0.15) is 0 Å². The minimum Gasteiger partial charge on any atom is -0.476 e. The van der Waals surface area contributed by atoms with Gasteiger partial charge in [0.15, 0.2) is 11.9 Å². The van der Waals surface area contributed by atoms with Crippen molar-refractivity contribution in [3.8, 4) is 0 Å². The second-order valence-corrected chi connectivity index (χ2v) is 2.61. The molecule has 0 bridgehead atoms. The van der Waals surface area contributed by atoms with Crippen LogP contribution in [0.2, 0.25) is 0 Å². The number of aliphatic hydroxyl groups excluding tert-OH is 1. The normalized spacial score (nSPS) is 24.8. The van der Waals surface area contributed by atoms with Crippen molar-refractivity contribution in [3.63, 3.8) is 0 Å². The van der Waals surface area contributed by atoms with Crippen LogP contribution in [-0.2, 0) is 19.1 Å². The number of aliphatic hydroxyl groups is 1. The number of allylic oxidation sites excluding steroid dienone is 1. The van der Waals surface area contributed by atoms with Gasteiger partial charge >= 0.3 is 0 Å². The molecule has 0 spiro atoms. The van der Waals surface area contributed by atoms with Crippen LogP contribution in [0.3, 0.4) is 0 Å². The number of ketones is 2. The first-order chi connectivity index (χ1) is 6.11. The van der Waals surface area contributed by atoms with Gasteiger partial charge in [-0.2, -0.15) is 0 Å². The average molecular weight is 186 g/mol. The summed E-state index contributed by atoms with van der Waals surface area (Å²) in [7, 11) is 1.32. The van der Waals surface area contributed by atoms with Crippen LogP contribution in [0.15, 0.2) is 12.3 Å². The molecule has 5 heteroatoms. The molecule has 1 fully saturated rings. The number of ether oxygens (including phenoxy) is 2. The van der Waals surface area contributed by atoms with E-state index < -0.39 is 23.8 Å². The highest BCUT2D eigenvalue weighted by molar-refractivity contribution is 6.46. The standard InChI is InChI=1S/C8H10O5/c1-4-6(10)7(11)8(13-4)5(3-9)12-2/h5,8-9H,1,3H2,2H3/t5-,8+/m0/s1. The number of hydrogen-bond donors (Lipinski definition) is 1. The molecule has 1 aliphatic heterocycles. The van der Waals surface area contributed by atoms with E-state index in [1.54, 1.807) is 0 Å². The average Bonchev–Trinajstić information content (AvgIpc) is 2.36. The summed E-state index contributed by atoms with van der Waals surface area (Å²) in [6.07, 6.45) is -1.86. The van der Waals surface area contributed by atoms with E-state index in [0.29, 0.717) is 0 Å². The van der Waals surface area contributed by atoms with Crippen molar-refractivity contribution in [2.24, 2.45) is 0 Å². The Labute approximate surface area is 74.9 Å². The van der Waals surface area contributed by atoms with E-state index in [0.717, 1.165) is 0 Å². The zero-order chi connectivity index (χ0) is 10.0. The van der Waals surface area contributed by atoms with Crippen molar-refractivity contribution >= 4 is 11.6 Å². The molecular weight excluding hydrogens is 176 g/mol. The maximum atomic E-state index is 11.1. The van der Waals surface area contributed by atoms with E-state index in [1.807, 2.05) is 0 Å². The fraction of sp³-hybridized carbons (Fsp3) is 0.500. The fourth-order valence-electron chi connectivity index (χ4n) is 1.07. The number of hydrogen-bond acceptors (Lipinski definition) is 5. The maximum Gasteiger partial charge on any atom is 0.266 e. The van der Waals surface area contributed by atoms with E-state index in [1.165, 1.54) is 7.11 Å². The minimum atomic E-state index is -1.05. The van der Waals surface area contributed by atoms with Gasteiger partial charge in [-0.15, -0.1) is 0 Å². The molecule has 1 saturated heterocycles. The molecule has 1 N–H and O–H groups in total. The second kappa shape index (κ2) is 3.68. The van der Waals surface area contributed by atoms with Crippen LogP contribution in [0.4, 0.5) is 0 Å². The monoisotopic (exact) mass is 186 g/mol. The van der Waals surface area contributed by atoms with E-state index in [9.17, 15) is 9.59 Å². The molecule has 0 aromatic heterocycles. The Hall–Kier alpha value is -1.20. The number of Topliss-reactive ketones (excluding diaryl/α,β-unsaturated/α-hetero) is 2. The van der Waals surface area contributed by atoms with Gasteiger partial charge in [0, 0.05) is 7.11 Å². The van der Waals surface area contributed by atoms with Gasteiger partial charge in [-0.05, 0) is 0 Å². The van der Waals surface area contributed by atoms with Crippen LogP contribution >= 0.6 is 0 Å². The summed E-state index contributed by atoms with van der Waals surface area (Å²) in [6, 6.07) is 0. The zero-order valence-corrected chi connectivity index (χ0v) is 7.15. The lowest BCUT2D eigenvalue weighted by Gasteiger charge is -2.16. The van der Waals surface area contributed by atoms with Crippen LogP contribution in [0.5, 0.6) is 0 Å². The maximum absolute atomic E-state index is 11.1. The smallest absolute Gasteiger partial charge is 0.266 e. The quantitative estimate of drug-likeness (QED) is 0.454. The van der Waals surface area contributed by atoms with Gasteiger partial charge in [0.1, 0.15) is 6.10 Å². The highest BCUT2D eigenvalue weighted by Gasteiger charge is 2.42. The van der Waals surface area contributed by atoms with Crippen molar-refractivity contribution in [2.75, 3.05) is 13.7 Å². The van der Waals surface area contributed by atoms with Crippen molar-refractivity contribution in [1.82, 2.24) is 0 Å². The van der Waals surface area contributed by atoms with Gasteiger partial charge in [-0.3, -0.25) is 9.59 Å². The summed E-state index contributed by atoms with van der Waals surface area (Å²) in [5, 5.41) is 8.78. The lowest BCUT2D eigenvalue weighted by atomic mass is 10.1. The molecule has 72 valence electrons. The van der Waals surface area contributed by atoms with E-state index in [2.05, 4.69) is 6.58 Å². The predicted molar refractivity (Wildman–Crippen MR) is 41.9 cm³/mol. The lowest BCUT2D eigenvalue weighted by Crippen LogP contribution is -2.37. The molecule has 0 aromatic rings. The Balaban J connectivity index is 2.78. The molecule has 1 heterocycles. The van der Waals surface area contributed by atoms with Gasteiger partial charge in [-0.25, -0.2) is 0 Å². The van der Waals surface area contributed by atoms with Crippen LogP contribution < -0.4 is 0 Å². The van der Waals surface area contributed by atoms with Crippen molar-refractivity contribution < 1.29 is 24.2 Å². The van der Waals surface area contributed by atoms with Gasteiger partial charge in [0.2, 0.25) is 5.78 Å². The third kappa shape index (κ3) is 1.61. The van der Waals surface area contributed by atoms with Gasteiger partial charge in [-0.1, -0.05) is 6.58 Å². The molecule has 5 nitrogen and oxygen atoms in total. The van der Waals surface area contributed by atoms with Crippen molar-refractivity contribution in [3.05, 3.63) is 12.3 Å². The van der Waals surface area contributed by atoms with Gasteiger partial charge in [0.25, 0.3) is 5.78 Å². The molecule has 13 heavy (non-hydrogen) atoms. The highest BCUT2D eigenvalue weighted by atomic mass is 16.6. The molecule has 1 rings (SSSR count). The summed E-state index contributed by atoms with van der Waals surface area (Å²) in [5.41, 5.74) is 0. The molecule has 0 saturated carbocycles. The van der Waals surface area contributed by atoms with E-state index in [4.69, 9.17) is 14.6 Å². The molecular formula is C8H10O5. The van der Waals surface area contributed by atoms with E-state index >= 15 is 0 Å². The number of carbonyl (C=O) groups excluding carboxylic acids is 2. The van der Waals surface area contributed by atoms with E-state index in [-0.39, 0.29) is 12.4 Å². The number of carbonyl (C=O) groups is 2. The first-order valence-electron chi connectivity index (χ1n) is 3.69. The first-order valence-corrected chi connectivity index (χ1v) is 3.69. The van der Waals surface area contributed by atoms with Gasteiger partial charge in [0.05, 0.1) is 6.61 Å². The number of rotatable bonds is 3. The predicted octanol–water partition coefficient (Wildman–Crippen LogP) is -0.956. The third-order valence-electron chi connectivity index (χ3n) is 1.83. The molecule has 0 aliphatic carbocycles. The molecule has 0 aromatic carbocycles. The molecule has 2 atom stereocenters.